The average molecular weight is 397 g/mol. The molecule has 1 heterocycles. The third kappa shape index (κ3) is 5.24. The Balaban J connectivity index is 1.53. The van der Waals surface area contributed by atoms with Crippen LogP contribution in [-0.2, 0) is 4.79 Å². The first-order valence-corrected chi connectivity index (χ1v) is 9.18. The van der Waals surface area contributed by atoms with Gasteiger partial charge in [0.15, 0.2) is 6.61 Å². The molecule has 0 aliphatic heterocycles. The first-order valence-electron chi connectivity index (χ1n) is 8.80. The van der Waals surface area contributed by atoms with Crippen LogP contribution in [0.25, 0.3) is 11.3 Å². The van der Waals surface area contributed by atoms with Crippen molar-refractivity contribution in [2.75, 3.05) is 6.61 Å². The van der Waals surface area contributed by atoms with Crippen molar-refractivity contribution in [3.05, 3.63) is 76.0 Å². The summed E-state index contributed by atoms with van der Waals surface area (Å²) in [5.41, 5.74) is 6.46. The van der Waals surface area contributed by atoms with E-state index >= 15 is 0 Å². The van der Waals surface area contributed by atoms with Gasteiger partial charge in [-0.15, -0.1) is 0 Å². The molecule has 0 saturated heterocycles. The highest BCUT2D eigenvalue weighted by molar-refractivity contribution is 6.31. The summed E-state index contributed by atoms with van der Waals surface area (Å²) in [5.74, 6) is 1.49. The van der Waals surface area contributed by atoms with E-state index in [2.05, 4.69) is 10.5 Å². The molecule has 0 spiro atoms. The summed E-state index contributed by atoms with van der Waals surface area (Å²) in [4.78, 5) is 11.9. The lowest BCUT2D eigenvalue weighted by molar-refractivity contribution is -0.123. The quantitative estimate of drug-likeness (QED) is 0.468. The van der Waals surface area contributed by atoms with Gasteiger partial charge in [0, 0.05) is 10.6 Å². The van der Waals surface area contributed by atoms with E-state index in [0.29, 0.717) is 22.3 Å². The van der Waals surface area contributed by atoms with E-state index in [0.717, 1.165) is 22.3 Å². The number of hydrogen-bond acceptors (Lipinski definition) is 4. The number of nitrogens with zero attached hydrogens (tertiary/aromatic N) is 1. The Morgan fingerprint density at radius 1 is 1.11 bits per heavy atom. The summed E-state index contributed by atoms with van der Waals surface area (Å²) in [7, 11) is 0. The number of hydrogen-bond donors (Lipinski definition) is 1. The van der Waals surface area contributed by atoms with E-state index in [4.69, 9.17) is 20.8 Å². The smallest absolute Gasteiger partial charge is 0.277 e. The molecule has 1 amide bonds. The largest absolute Gasteiger partial charge is 0.484 e. The van der Waals surface area contributed by atoms with E-state index < -0.39 is 0 Å². The first-order chi connectivity index (χ1) is 13.4. The Hall–Kier alpha value is -3.05. The molecule has 3 rings (SSSR count). The molecule has 0 saturated carbocycles. The van der Waals surface area contributed by atoms with Crippen molar-refractivity contribution >= 4 is 23.7 Å². The second kappa shape index (κ2) is 8.76. The molecular weight excluding hydrogens is 376 g/mol. The molecule has 0 unspecified atom stereocenters. The van der Waals surface area contributed by atoms with E-state index in [1.807, 2.05) is 63.2 Å². The predicted octanol–water partition coefficient (Wildman–Crippen LogP) is 5.05. The second-order valence-corrected chi connectivity index (χ2v) is 6.98. The maximum Gasteiger partial charge on any atom is 0.277 e. The van der Waals surface area contributed by atoms with E-state index in [1.165, 1.54) is 6.21 Å². The molecule has 28 heavy (non-hydrogen) atoms. The molecule has 0 bridgehead atoms. The Kier molecular flexibility index (Phi) is 6.16. The van der Waals surface area contributed by atoms with Crippen LogP contribution in [-0.4, -0.2) is 18.7 Å². The van der Waals surface area contributed by atoms with Crippen molar-refractivity contribution in [2.45, 2.75) is 20.8 Å². The summed E-state index contributed by atoms with van der Waals surface area (Å²) in [5, 5.41) is 4.58. The number of ether oxygens (including phenoxy) is 1. The zero-order chi connectivity index (χ0) is 20.1. The van der Waals surface area contributed by atoms with Crippen molar-refractivity contribution in [1.29, 1.82) is 0 Å². The second-order valence-electron chi connectivity index (χ2n) is 6.57. The number of rotatable bonds is 6. The molecule has 0 aliphatic rings. The summed E-state index contributed by atoms with van der Waals surface area (Å²) >= 11 is 6.15. The maximum absolute atomic E-state index is 11.9. The topological polar surface area (TPSA) is 63.8 Å². The minimum Gasteiger partial charge on any atom is -0.484 e. The third-order valence-electron chi connectivity index (χ3n) is 4.03. The van der Waals surface area contributed by atoms with Gasteiger partial charge in [-0.05, 0) is 67.8 Å². The zero-order valence-electron chi connectivity index (χ0n) is 16.0. The van der Waals surface area contributed by atoms with Crippen LogP contribution in [0.1, 0.15) is 22.5 Å². The van der Waals surface area contributed by atoms with Crippen LogP contribution in [0, 0.1) is 20.8 Å². The van der Waals surface area contributed by atoms with Crippen molar-refractivity contribution in [3.8, 4) is 17.1 Å². The fourth-order valence-corrected chi connectivity index (χ4v) is 2.87. The van der Waals surface area contributed by atoms with Crippen LogP contribution >= 0.6 is 11.6 Å². The Morgan fingerprint density at radius 3 is 2.57 bits per heavy atom. The molecular formula is C22H21ClN2O3. The van der Waals surface area contributed by atoms with Gasteiger partial charge in [0.25, 0.3) is 5.91 Å². The average Bonchev–Trinajstić information content (AvgIpc) is 3.10. The lowest BCUT2D eigenvalue weighted by Crippen LogP contribution is -2.24. The Bertz CT molecular complexity index is 1000. The van der Waals surface area contributed by atoms with Gasteiger partial charge in [-0.2, -0.15) is 5.10 Å². The SMILES string of the molecule is Cc1cc(C)cc(OCC(=O)N/N=C\c2ccc(-c3ccc(C)c(Cl)c3)o2)c1. The summed E-state index contributed by atoms with van der Waals surface area (Å²) in [6.45, 7) is 5.78. The normalized spacial score (nSPS) is 11.0. The molecule has 5 nitrogen and oxygen atoms in total. The summed E-state index contributed by atoms with van der Waals surface area (Å²) in [6, 6.07) is 15.1. The number of amides is 1. The predicted molar refractivity (Wildman–Crippen MR) is 111 cm³/mol. The van der Waals surface area contributed by atoms with Crippen molar-refractivity contribution < 1.29 is 13.9 Å². The van der Waals surface area contributed by atoms with Crippen LogP contribution in [0.5, 0.6) is 5.75 Å². The molecule has 0 atom stereocenters. The number of nitrogens with one attached hydrogen (secondary N) is 1. The van der Waals surface area contributed by atoms with E-state index in [9.17, 15) is 4.79 Å². The number of hydrazone groups is 1. The van der Waals surface area contributed by atoms with Crippen molar-refractivity contribution in [3.63, 3.8) is 0 Å². The number of furan rings is 1. The zero-order valence-corrected chi connectivity index (χ0v) is 16.7. The van der Waals surface area contributed by atoms with Crippen molar-refractivity contribution in [1.82, 2.24) is 5.43 Å². The van der Waals surface area contributed by atoms with Gasteiger partial charge < -0.3 is 9.15 Å². The fourth-order valence-electron chi connectivity index (χ4n) is 2.69. The highest BCUT2D eigenvalue weighted by Gasteiger charge is 2.06. The van der Waals surface area contributed by atoms with E-state index in [1.54, 1.807) is 6.07 Å². The standard InChI is InChI=1S/C22H21ClN2O3/c1-14-8-15(2)10-19(9-14)27-13-22(26)25-24-12-18-6-7-21(28-18)17-5-4-16(3)20(23)11-17/h4-12H,13H2,1-3H3,(H,25,26)/b24-12-. The van der Waals surface area contributed by atoms with Gasteiger partial charge in [-0.25, -0.2) is 5.43 Å². The molecule has 0 radical (unpaired) electrons. The third-order valence-corrected chi connectivity index (χ3v) is 4.44. The highest BCUT2D eigenvalue weighted by Crippen LogP contribution is 2.26. The molecule has 2 aromatic carbocycles. The van der Waals surface area contributed by atoms with Gasteiger partial charge in [0.05, 0.1) is 6.21 Å². The maximum atomic E-state index is 11.9. The summed E-state index contributed by atoms with van der Waals surface area (Å²) in [6.07, 6.45) is 1.44. The fraction of sp³-hybridized carbons (Fsp3) is 0.182. The number of carbonyl (C=O) groups excluding carboxylic acids is 1. The highest BCUT2D eigenvalue weighted by atomic mass is 35.5. The Labute approximate surface area is 169 Å². The minimum absolute atomic E-state index is 0.120. The summed E-state index contributed by atoms with van der Waals surface area (Å²) < 4.78 is 11.2. The molecule has 3 aromatic rings. The van der Waals surface area contributed by atoms with Crippen LogP contribution in [0.4, 0.5) is 0 Å². The van der Waals surface area contributed by atoms with Crippen LogP contribution in [0.3, 0.4) is 0 Å². The van der Waals surface area contributed by atoms with E-state index in [-0.39, 0.29) is 12.5 Å². The van der Waals surface area contributed by atoms with Gasteiger partial charge in [-0.1, -0.05) is 29.8 Å². The van der Waals surface area contributed by atoms with Gasteiger partial charge in [-0.3, -0.25) is 4.79 Å². The monoisotopic (exact) mass is 396 g/mol. The van der Waals surface area contributed by atoms with Crippen LogP contribution in [0.2, 0.25) is 5.02 Å². The molecule has 1 aromatic heterocycles. The molecule has 0 aliphatic carbocycles. The molecule has 0 fully saturated rings. The Morgan fingerprint density at radius 2 is 1.86 bits per heavy atom. The number of carbonyl (C=O) groups is 1. The van der Waals surface area contributed by atoms with Gasteiger partial charge >= 0.3 is 0 Å². The molecule has 6 heteroatoms. The van der Waals surface area contributed by atoms with Gasteiger partial charge in [0.1, 0.15) is 17.3 Å². The lowest BCUT2D eigenvalue weighted by Gasteiger charge is -2.07. The van der Waals surface area contributed by atoms with Gasteiger partial charge in [0.2, 0.25) is 0 Å². The number of benzene rings is 2. The van der Waals surface area contributed by atoms with Crippen LogP contribution in [0.15, 0.2) is 58.0 Å². The number of aryl methyl sites for hydroxylation is 3. The number of halogens is 1. The lowest BCUT2D eigenvalue weighted by atomic mass is 10.1. The van der Waals surface area contributed by atoms with Crippen molar-refractivity contribution in [2.24, 2.45) is 5.10 Å². The molecule has 144 valence electrons. The minimum atomic E-state index is -0.354. The molecule has 1 N–H and O–H groups in total. The first kappa shape index (κ1) is 19.7. The van der Waals surface area contributed by atoms with Crippen LogP contribution < -0.4 is 10.2 Å².